The molecular formula is C18H19F3N2O. The van der Waals surface area contributed by atoms with Crippen LogP contribution in [0.15, 0.2) is 29.1 Å². The zero-order valence-electron chi connectivity index (χ0n) is 13.1. The second-order valence-electron chi connectivity index (χ2n) is 6.85. The smallest absolute Gasteiger partial charge is 0.161 e. The number of halogens is 3. The van der Waals surface area contributed by atoms with Crippen LogP contribution < -0.4 is 5.73 Å². The molecule has 1 aliphatic heterocycles. The summed E-state index contributed by atoms with van der Waals surface area (Å²) in [5.74, 6) is -3.17. The van der Waals surface area contributed by atoms with Gasteiger partial charge in [0.05, 0.1) is 12.5 Å². The molecule has 1 unspecified atom stereocenters. The first kappa shape index (κ1) is 15.7. The van der Waals surface area contributed by atoms with Gasteiger partial charge in [-0.3, -0.25) is 4.90 Å². The van der Waals surface area contributed by atoms with Crippen molar-refractivity contribution in [1.29, 1.82) is 0 Å². The third kappa shape index (κ3) is 2.63. The Morgan fingerprint density at radius 1 is 0.958 bits per heavy atom. The van der Waals surface area contributed by atoms with Crippen molar-refractivity contribution in [3.63, 3.8) is 0 Å². The average Bonchev–Trinajstić information content (AvgIpc) is 3.13. The van der Waals surface area contributed by atoms with Gasteiger partial charge in [0, 0.05) is 48.3 Å². The summed E-state index contributed by atoms with van der Waals surface area (Å²) in [6, 6.07) is 1.62. The SMILES string of the molecule is NC1C[C@@H](N2Cc3cocc3C2)CC[C@@H]1c1cc(F)c(F)cc1F. The van der Waals surface area contributed by atoms with Crippen LogP contribution in [0.3, 0.4) is 0 Å². The predicted molar refractivity (Wildman–Crippen MR) is 82.6 cm³/mol. The number of fused-ring (bicyclic) bond motifs is 1. The summed E-state index contributed by atoms with van der Waals surface area (Å²) < 4.78 is 45.8. The van der Waals surface area contributed by atoms with Crippen LogP contribution in [-0.2, 0) is 13.1 Å². The Labute approximate surface area is 138 Å². The number of hydrogen-bond donors (Lipinski definition) is 1. The molecule has 24 heavy (non-hydrogen) atoms. The Kier molecular flexibility index (Phi) is 3.89. The molecule has 1 aliphatic carbocycles. The van der Waals surface area contributed by atoms with E-state index in [1.807, 2.05) is 0 Å². The minimum absolute atomic E-state index is 0.192. The van der Waals surface area contributed by atoms with E-state index in [1.165, 1.54) is 11.1 Å². The Morgan fingerprint density at radius 3 is 2.29 bits per heavy atom. The highest BCUT2D eigenvalue weighted by molar-refractivity contribution is 5.27. The van der Waals surface area contributed by atoms with Crippen LogP contribution in [0.25, 0.3) is 0 Å². The molecule has 3 atom stereocenters. The molecule has 1 aromatic heterocycles. The van der Waals surface area contributed by atoms with Crippen molar-refractivity contribution < 1.29 is 17.6 Å². The van der Waals surface area contributed by atoms with Gasteiger partial charge >= 0.3 is 0 Å². The van der Waals surface area contributed by atoms with Gasteiger partial charge in [-0.1, -0.05) is 0 Å². The molecule has 6 heteroatoms. The van der Waals surface area contributed by atoms with E-state index in [9.17, 15) is 13.2 Å². The van der Waals surface area contributed by atoms with Gasteiger partial charge in [0.1, 0.15) is 5.82 Å². The number of furan rings is 1. The van der Waals surface area contributed by atoms with Gasteiger partial charge in [0.2, 0.25) is 0 Å². The first-order chi connectivity index (χ1) is 11.5. The first-order valence-corrected chi connectivity index (χ1v) is 8.21. The maximum Gasteiger partial charge on any atom is 0.161 e. The highest BCUT2D eigenvalue weighted by atomic mass is 19.2. The highest BCUT2D eigenvalue weighted by Gasteiger charge is 2.36. The van der Waals surface area contributed by atoms with Crippen LogP contribution >= 0.6 is 0 Å². The Balaban J connectivity index is 1.47. The quantitative estimate of drug-likeness (QED) is 0.851. The highest BCUT2D eigenvalue weighted by Crippen LogP contribution is 2.38. The van der Waals surface area contributed by atoms with E-state index in [-0.39, 0.29) is 17.5 Å². The molecule has 0 saturated heterocycles. The second kappa shape index (κ2) is 5.93. The normalized spacial score (nSPS) is 27.4. The second-order valence-corrected chi connectivity index (χ2v) is 6.85. The van der Waals surface area contributed by atoms with Crippen molar-refractivity contribution in [3.8, 4) is 0 Å². The lowest BCUT2D eigenvalue weighted by atomic mass is 9.77. The Morgan fingerprint density at radius 2 is 1.62 bits per heavy atom. The van der Waals surface area contributed by atoms with Gasteiger partial charge in [-0.2, -0.15) is 0 Å². The maximum absolute atomic E-state index is 14.0. The van der Waals surface area contributed by atoms with Gasteiger partial charge < -0.3 is 10.2 Å². The van der Waals surface area contributed by atoms with Gasteiger partial charge in [-0.25, -0.2) is 13.2 Å². The van der Waals surface area contributed by atoms with Crippen LogP contribution in [0.2, 0.25) is 0 Å². The number of hydrogen-bond acceptors (Lipinski definition) is 3. The molecule has 2 aromatic rings. The maximum atomic E-state index is 14.0. The molecule has 4 rings (SSSR count). The zero-order chi connectivity index (χ0) is 16.8. The van der Waals surface area contributed by atoms with E-state index >= 15 is 0 Å². The lowest BCUT2D eigenvalue weighted by Gasteiger charge is -2.38. The summed E-state index contributed by atoms with van der Waals surface area (Å²) in [6.45, 7) is 1.68. The molecule has 0 spiro atoms. The van der Waals surface area contributed by atoms with Gasteiger partial charge in [0.15, 0.2) is 11.6 Å². The summed E-state index contributed by atoms with van der Waals surface area (Å²) in [5, 5.41) is 0. The molecule has 0 radical (unpaired) electrons. The van der Waals surface area contributed by atoms with Crippen molar-refractivity contribution in [2.24, 2.45) is 5.73 Å². The molecular weight excluding hydrogens is 317 g/mol. The number of nitrogens with zero attached hydrogens (tertiary/aromatic N) is 1. The Bertz CT molecular complexity index is 740. The van der Waals surface area contributed by atoms with Gasteiger partial charge in [0.25, 0.3) is 0 Å². The topological polar surface area (TPSA) is 42.4 Å². The third-order valence-corrected chi connectivity index (χ3v) is 5.41. The fourth-order valence-corrected chi connectivity index (χ4v) is 4.10. The average molecular weight is 336 g/mol. The molecule has 2 aliphatic rings. The summed E-state index contributed by atoms with van der Waals surface area (Å²) in [6.07, 6.45) is 5.79. The molecule has 1 aromatic carbocycles. The summed E-state index contributed by atoms with van der Waals surface area (Å²) in [7, 11) is 0. The zero-order valence-corrected chi connectivity index (χ0v) is 13.1. The summed E-state index contributed by atoms with van der Waals surface area (Å²) in [5.41, 5.74) is 8.88. The number of nitrogens with two attached hydrogens (primary N) is 1. The Hall–Kier alpha value is -1.79. The van der Waals surface area contributed by atoms with Crippen molar-refractivity contribution in [1.82, 2.24) is 4.90 Å². The molecule has 0 bridgehead atoms. The number of rotatable bonds is 2. The van der Waals surface area contributed by atoms with E-state index in [0.717, 1.165) is 25.6 Å². The van der Waals surface area contributed by atoms with E-state index in [4.69, 9.17) is 10.2 Å². The molecule has 1 saturated carbocycles. The van der Waals surface area contributed by atoms with Crippen molar-refractivity contribution in [2.75, 3.05) is 0 Å². The van der Waals surface area contributed by atoms with Crippen molar-refractivity contribution in [2.45, 2.75) is 50.4 Å². The van der Waals surface area contributed by atoms with Crippen molar-refractivity contribution in [3.05, 3.63) is 58.8 Å². The van der Waals surface area contributed by atoms with E-state index in [0.29, 0.717) is 24.9 Å². The minimum atomic E-state index is -1.16. The summed E-state index contributed by atoms with van der Waals surface area (Å²) >= 11 is 0. The number of benzene rings is 1. The van der Waals surface area contributed by atoms with Crippen LogP contribution in [0.1, 0.15) is 41.9 Å². The predicted octanol–water partition coefficient (Wildman–Crippen LogP) is 3.68. The van der Waals surface area contributed by atoms with Gasteiger partial charge in [-0.15, -0.1) is 0 Å². The molecule has 2 N–H and O–H groups in total. The third-order valence-electron chi connectivity index (χ3n) is 5.41. The molecule has 3 nitrogen and oxygen atoms in total. The molecule has 128 valence electrons. The fraction of sp³-hybridized carbons (Fsp3) is 0.444. The van der Waals surface area contributed by atoms with Crippen LogP contribution in [0.4, 0.5) is 13.2 Å². The fourth-order valence-electron chi connectivity index (χ4n) is 4.10. The summed E-state index contributed by atoms with van der Waals surface area (Å²) in [4.78, 5) is 2.36. The largest absolute Gasteiger partial charge is 0.472 e. The molecule has 0 amide bonds. The van der Waals surface area contributed by atoms with E-state index in [1.54, 1.807) is 12.5 Å². The molecule has 2 heterocycles. The van der Waals surface area contributed by atoms with Gasteiger partial charge in [-0.05, 0) is 30.9 Å². The van der Waals surface area contributed by atoms with Crippen LogP contribution in [-0.4, -0.2) is 17.0 Å². The van der Waals surface area contributed by atoms with E-state index < -0.39 is 17.5 Å². The lowest BCUT2D eigenvalue weighted by Crippen LogP contribution is -2.44. The van der Waals surface area contributed by atoms with Crippen LogP contribution in [0.5, 0.6) is 0 Å². The monoisotopic (exact) mass is 336 g/mol. The first-order valence-electron chi connectivity index (χ1n) is 8.21. The van der Waals surface area contributed by atoms with Crippen molar-refractivity contribution >= 4 is 0 Å². The van der Waals surface area contributed by atoms with Crippen LogP contribution in [0, 0.1) is 17.5 Å². The van der Waals surface area contributed by atoms with E-state index in [2.05, 4.69) is 4.90 Å². The standard InChI is InChI=1S/C18H19F3N2O/c19-15-5-17(21)16(20)4-14(15)13-2-1-12(3-18(13)22)23-6-10-8-24-9-11(10)7-23/h4-5,8-9,12-13,18H,1-3,6-7,22H2/t12-,13+,18?/m0/s1. The lowest BCUT2D eigenvalue weighted by molar-refractivity contribution is 0.136. The minimum Gasteiger partial charge on any atom is -0.472 e. The molecule has 1 fully saturated rings.